The van der Waals surface area contributed by atoms with Gasteiger partial charge in [-0.2, -0.15) is 5.10 Å². The summed E-state index contributed by atoms with van der Waals surface area (Å²) >= 11 is 5.95. The Balaban J connectivity index is 1.63. The van der Waals surface area contributed by atoms with Gasteiger partial charge >= 0.3 is 0 Å². The minimum atomic E-state index is -0.0598. The maximum Gasteiger partial charge on any atom is 0.254 e. The highest BCUT2D eigenvalue weighted by molar-refractivity contribution is 6.30. The first kappa shape index (κ1) is 16.9. The number of amides is 1. The molecule has 0 radical (unpaired) electrons. The summed E-state index contributed by atoms with van der Waals surface area (Å²) in [5, 5.41) is 5.28. The van der Waals surface area contributed by atoms with Gasteiger partial charge in [-0.15, -0.1) is 0 Å². The van der Waals surface area contributed by atoms with Gasteiger partial charge < -0.3 is 9.32 Å². The van der Waals surface area contributed by atoms with Crippen LogP contribution in [0.4, 0.5) is 0 Å². The number of nitrogens with zero attached hydrogens (tertiary/aromatic N) is 3. The quantitative estimate of drug-likeness (QED) is 0.683. The van der Waals surface area contributed by atoms with Crippen molar-refractivity contribution in [2.75, 3.05) is 0 Å². The molecule has 6 heteroatoms. The van der Waals surface area contributed by atoms with Crippen LogP contribution in [-0.2, 0) is 33.0 Å². The average molecular weight is 370 g/mol. The molecule has 0 spiro atoms. The second-order valence-corrected chi connectivity index (χ2v) is 7.03. The standard InChI is InChI=1S/C20H20ClN3O2/c1-23-19-6-2-5-17(19)18(22-23)13-24(12-16-4-3-11-26-16)20(25)14-7-9-15(21)10-8-14/h3-4,7-11H,2,5-6,12-13H2,1H3. The highest BCUT2D eigenvalue weighted by Crippen LogP contribution is 2.26. The molecular weight excluding hydrogens is 350 g/mol. The van der Waals surface area contributed by atoms with E-state index in [9.17, 15) is 4.79 Å². The SMILES string of the molecule is Cn1nc(CN(Cc2ccco2)C(=O)c2ccc(Cl)cc2)c2c1CCC2. The van der Waals surface area contributed by atoms with Crippen LogP contribution < -0.4 is 0 Å². The van der Waals surface area contributed by atoms with Gasteiger partial charge in [-0.05, 0) is 61.2 Å². The molecule has 0 aliphatic heterocycles. The molecule has 0 saturated heterocycles. The summed E-state index contributed by atoms with van der Waals surface area (Å²) in [5.41, 5.74) is 4.17. The Hall–Kier alpha value is -2.53. The van der Waals surface area contributed by atoms with Crippen LogP contribution in [0.1, 0.15) is 39.5 Å². The van der Waals surface area contributed by atoms with Gasteiger partial charge in [-0.3, -0.25) is 9.48 Å². The molecule has 134 valence electrons. The van der Waals surface area contributed by atoms with E-state index in [2.05, 4.69) is 5.10 Å². The van der Waals surface area contributed by atoms with E-state index in [0.717, 1.165) is 30.7 Å². The number of aromatic nitrogens is 2. The second kappa shape index (κ2) is 7.00. The number of benzene rings is 1. The molecule has 0 bridgehead atoms. The molecule has 0 N–H and O–H groups in total. The Morgan fingerprint density at radius 1 is 1.23 bits per heavy atom. The summed E-state index contributed by atoms with van der Waals surface area (Å²) in [7, 11) is 1.98. The van der Waals surface area contributed by atoms with Crippen LogP contribution in [0.25, 0.3) is 0 Å². The lowest BCUT2D eigenvalue weighted by molar-refractivity contribution is 0.0714. The number of hydrogen-bond donors (Lipinski definition) is 0. The van der Waals surface area contributed by atoms with Crippen molar-refractivity contribution in [3.05, 3.63) is 76.0 Å². The predicted octanol–water partition coefficient (Wildman–Crippen LogP) is 4.00. The Morgan fingerprint density at radius 3 is 2.77 bits per heavy atom. The van der Waals surface area contributed by atoms with E-state index in [1.165, 1.54) is 11.3 Å². The van der Waals surface area contributed by atoms with E-state index in [1.54, 1.807) is 35.4 Å². The Bertz CT molecular complexity index is 913. The number of furan rings is 1. The Labute approximate surface area is 157 Å². The minimum absolute atomic E-state index is 0.0598. The first-order valence-electron chi connectivity index (χ1n) is 8.72. The minimum Gasteiger partial charge on any atom is -0.467 e. The van der Waals surface area contributed by atoms with E-state index in [0.29, 0.717) is 23.7 Å². The zero-order valence-corrected chi connectivity index (χ0v) is 15.4. The van der Waals surface area contributed by atoms with E-state index in [-0.39, 0.29) is 5.91 Å². The molecule has 0 unspecified atom stereocenters. The van der Waals surface area contributed by atoms with Gasteiger partial charge in [-0.1, -0.05) is 11.6 Å². The third-order valence-corrected chi connectivity index (χ3v) is 5.10. The summed E-state index contributed by atoms with van der Waals surface area (Å²) in [5.74, 6) is 0.690. The zero-order valence-electron chi connectivity index (χ0n) is 14.6. The fourth-order valence-corrected chi connectivity index (χ4v) is 3.70. The normalized spacial score (nSPS) is 13.0. The van der Waals surface area contributed by atoms with Crippen molar-refractivity contribution in [1.29, 1.82) is 0 Å². The number of carbonyl (C=O) groups is 1. The molecule has 1 aliphatic carbocycles. The highest BCUT2D eigenvalue weighted by Gasteiger charge is 2.25. The third kappa shape index (κ3) is 3.27. The number of fused-ring (bicyclic) bond motifs is 1. The van der Waals surface area contributed by atoms with Crippen molar-refractivity contribution < 1.29 is 9.21 Å². The maximum absolute atomic E-state index is 13.1. The number of rotatable bonds is 5. The molecule has 2 heterocycles. The summed E-state index contributed by atoms with van der Waals surface area (Å²) in [6.45, 7) is 0.866. The summed E-state index contributed by atoms with van der Waals surface area (Å²) in [4.78, 5) is 14.9. The molecule has 2 aromatic heterocycles. The predicted molar refractivity (Wildman–Crippen MR) is 99.0 cm³/mol. The lowest BCUT2D eigenvalue weighted by atomic mass is 10.1. The molecule has 3 aromatic rings. The molecule has 1 aliphatic rings. The maximum atomic E-state index is 13.1. The Kier molecular flexibility index (Phi) is 4.55. The van der Waals surface area contributed by atoms with E-state index in [4.69, 9.17) is 16.0 Å². The molecular formula is C20H20ClN3O2. The topological polar surface area (TPSA) is 51.3 Å². The number of aryl methyl sites for hydroxylation is 1. The fourth-order valence-electron chi connectivity index (χ4n) is 3.57. The zero-order chi connectivity index (χ0) is 18.1. The molecule has 0 atom stereocenters. The van der Waals surface area contributed by atoms with Crippen molar-refractivity contribution in [3.8, 4) is 0 Å². The van der Waals surface area contributed by atoms with Crippen molar-refractivity contribution in [1.82, 2.24) is 14.7 Å². The van der Waals surface area contributed by atoms with Gasteiger partial charge in [0, 0.05) is 23.3 Å². The van der Waals surface area contributed by atoms with Gasteiger partial charge in [0.05, 0.1) is 25.0 Å². The lowest BCUT2D eigenvalue weighted by Crippen LogP contribution is -2.30. The highest BCUT2D eigenvalue weighted by atomic mass is 35.5. The van der Waals surface area contributed by atoms with Crippen molar-refractivity contribution in [3.63, 3.8) is 0 Å². The third-order valence-electron chi connectivity index (χ3n) is 4.84. The van der Waals surface area contributed by atoms with Crippen molar-refractivity contribution in [2.45, 2.75) is 32.4 Å². The van der Waals surface area contributed by atoms with Gasteiger partial charge in [0.25, 0.3) is 5.91 Å². The van der Waals surface area contributed by atoms with E-state index >= 15 is 0 Å². The summed E-state index contributed by atoms with van der Waals surface area (Å²) in [6, 6.07) is 10.7. The summed E-state index contributed by atoms with van der Waals surface area (Å²) in [6.07, 6.45) is 4.86. The average Bonchev–Trinajstić information content (AvgIpc) is 3.36. The number of halogens is 1. The van der Waals surface area contributed by atoms with Crippen LogP contribution in [0.15, 0.2) is 47.1 Å². The molecule has 1 aromatic carbocycles. The first-order valence-corrected chi connectivity index (χ1v) is 9.10. The van der Waals surface area contributed by atoms with Crippen LogP contribution in [-0.4, -0.2) is 20.6 Å². The molecule has 4 rings (SSSR count). The first-order chi connectivity index (χ1) is 12.6. The molecule has 26 heavy (non-hydrogen) atoms. The summed E-state index contributed by atoms with van der Waals surface area (Å²) < 4.78 is 7.42. The van der Waals surface area contributed by atoms with Gasteiger partial charge in [0.1, 0.15) is 5.76 Å². The monoisotopic (exact) mass is 369 g/mol. The Morgan fingerprint density at radius 2 is 2.04 bits per heavy atom. The van der Waals surface area contributed by atoms with Crippen molar-refractivity contribution in [2.24, 2.45) is 7.05 Å². The van der Waals surface area contributed by atoms with Gasteiger partial charge in [-0.25, -0.2) is 0 Å². The van der Waals surface area contributed by atoms with Crippen LogP contribution in [0.3, 0.4) is 0 Å². The van der Waals surface area contributed by atoms with Gasteiger partial charge in [0.2, 0.25) is 0 Å². The van der Waals surface area contributed by atoms with Gasteiger partial charge in [0.15, 0.2) is 0 Å². The lowest BCUT2D eigenvalue weighted by Gasteiger charge is -2.21. The number of hydrogen-bond acceptors (Lipinski definition) is 3. The van der Waals surface area contributed by atoms with Crippen LogP contribution in [0.2, 0.25) is 5.02 Å². The second-order valence-electron chi connectivity index (χ2n) is 6.60. The van der Waals surface area contributed by atoms with Crippen LogP contribution >= 0.6 is 11.6 Å². The molecule has 1 amide bonds. The largest absolute Gasteiger partial charge is 0.467 e. The molecule has 5 nitrogen and oxygen atoms in total. The molecule has 0 fully saturated rings. The number of carbonyl (C=O) groups excluding carboxylic acids is 1. The van der Waals surface area contributed by atoms with E-state index < -0.39 is 0 Å². The smallest absolute Gasteiger partial charge is 0.254 e. The molecule has 0 saturated carbocycles. The van der Waals surface area contributed by atoms with E-state index in [1.807, 2.05) is 23.9 Å². The van der Waals surface area contributed by atoms with Crippen molar-refractivity contribution >= 4 is 17.5 Å². The fraction of sp³-hybridized carbons (Fsp3) is 0.300. The van der Waals surface area contributed by atoms with Crippen LogP contribution in [0.5, 0.6) is 0 Å². The van der Waals surface area contributed by atoms with Crippen LogP contribution in [0, 0.1) is 0 Å².